The van der Waals surface area contributed by atoms with Gasteiger partial charge in [0.15, 0.2) is 0 Å². The lowest BCUT2D eigenvalue weighted by Crippen LogP contribution is -2.47. The Labute approximate surface area is 147 Å². The van der Waals surface area contributed by atoms with Crippen molar-refractivity contribution >= 4 is 6.03 Å². The molecule has 0 fully saturated rings. The first-order valence-corrected chi connectivity index (χ1v) is 7.70. The van der Waals surface area contributed by atoms with Crippen molar-refractivity contribution in [2.75, 3.05) is 6.54 Å². The first kappa shape index (κ1) is 19.7. The van der Waals surface area contributed by atoms with Crippen molar-refractivity contribution in [3.63, 3.8) is 0 Å². The number of alkyl halides is 3. The number of urea groups is 1. The van der Waals surface area contributed by atoms with Gasteiger partial charge in [0.25, 0.3) is 0 Å². The van der Waals surface area contributed by atoms with Gasteiger partial charge in [-0.05, 0) is 5.56 Å². The first-order chi connectivity index (χ1) is 12.2. The van der Waals surface area contributed by atoms with Gasteiger partial charge in [0.1, 0.15) is 5.82 Å². The highest BCUT2D eigenvalue weighted by Crippen LogP contribution is 2.40. The molecule has 3 N–H and O–H groups in total. The normalized spacial score (nSPS) is 13.9. The topological polar surface area (TPSA) is 88.4 Å². The average Bonchev–Trinajstić information content (AvgIpc) is 3.01. The molecule has 1 atom stereocenters. The fraction of sp³-hybridized carbons (Fsp3) is 0.375. The quantitative estimate of drug-likeness (QED) is 0.649. The number of carbonyl (C=O) groups excluding carboxylic acids is 1. The molecule has 0 aliphatic carbocycles. The van der Waals surface area contributed by atoms with Crippen LogP contribution in [0.1, 0.15) is 17.8 Å². The molecule has 26 heavy (non-hydrogen) atoms. The predicted molar refractivity (Wildman–Crippen MR) is 85.5 cm³/mol. The number of nitrogens with one attached hydrogen (secondary N) is 2. The van der Waals surface area contributed by atoms with Crippen LogP contribution in [0.3, 0.4) is 0 Å². The van der Waals surface area contributed by atoms with Gasteiger partial charge in [-0.1, -0.05) is 30.3 Å². The van der Waals surface area contributed by atoms with Crippen molar-refractivity contribution in [2.45, 2.75) is 24.8 Å². The average molecular weight is 372 g/mol. The molecule has 10 heteroatoms. The van der Waals surface area contributed by atoms with E-state index < -0.39 is 36.6 Å². The van der Waals surface area contributed by atoms with Gasteiger partial charge >= 0.3 is 12.2 Å². The van der Waals surface area contributed by atoms with Crippen molar-refractivity contribution in [2.24, 2.45) is 7.05 Å². The second-order valence-electron chi connectivity index (χ2n) is 5.60. The maximum absolute atomic E-state index is 13.3. The lowest BCUT2D eigenvalue weighted by molar-refractivity contribution is -0.272. The van der Waals surface area contributed by atoms with Gasteiger partial charge in [-0.3, -0.25) is 4.84 Å². The zero-order valence-corrected chi connectivity index (χ0v) is 14.0. The van der Waals surface area contributed by atoms with Gasteiger partial charge in [0.05, 0.1) is 6.61 Å². The Bertz CT molecular complexity index is 721. The summed E-state index contributed by atoms with van der Waals surface area (Å²) in [5.41, 5.74) is -0.295. The molecule has 142 valence electrons. The Morgan fingerprint density at radius 1 is 1.31 bits per heavy atom. The minimum Gasteiger partial charge on any atom is -0.374 e. The minimum atomic E-state index is -4.95. The van der Waals surface area contributed by atoms with Crippen LogP contribution in [0.5, 0.6) is 0 Å². The first-order valence-electron chi connectivity index (χ1n) is 7.70. The third-order valence-electron chi connectivity index (χ3n) is 3.68. The predicted octanol–water partition coefficient (Wildman–Crippen LogP) is 1.99. The van der Waals surface area contributed by atoms with E-state index in [2.05, 4.69) is 15.8 Å². The number of amides is 2. The number of hydroxylamine groups is 1. The van der Waals surface area contributed by atoms with Crippen LogP contribution in [0.4, 0.5) is 18.0 Å². The summed E-state index contributed by atoms with van der Waals surface area (Å²) in [6.07, 6.45) is -3.30. The Morgan fingerprint density at radius 2 is 2.00 bits per heavy atom. The SMILES string of the molecule is Cn1ccnc1C(O)(CCNC(=O)NOCc1ccccc1)C(F)(F)F. The summed E-state index contributed by atoms with van der Waals surface area (Å²) in [7, 11) is 1.34. The number of halogens is 3. The van der Waals surface area contributed by atoms with E-state index in [-0.39, 0.29) is 6.61 Å². The van der Waals surface area contributed by atoms with Crippen molar-refractivity contribution in [1.82, 2.24) is 20.3 Å². The van der Waals surface area contributed by atoms with Crippen molar-refractivity contribution < 1.29 is 27.9 Å². The molecule has 0 aliphatic heterocycles. The summed E-state index contributed by atoms with van der Waals surface area (Å²) in [5.74, 6) is -0.549. The molecule has 0 aliphatic rings. The molecule has 1 aromatic heterocycles. The molecular weight excluding hydrogens is 353 g/mol. The van der Waals surface area contributed by atoms with Crippen molar-refractivity contribution in [3.05, 3.63) is 54.1 Å². The van der Waals surface area contributed by atoms with E-state index in [1.807, 2.05) is 6.07 Å². The molecule has 1 aromatic carbocycles. The van der Waals surface area contributed by atoms with Crippen LogP contribution in [0.25, 0.3) is 0 Å². The molecule has 2 aromatic rings. The Balaban J connectivity index is 1.84. The van der Waals surface area contributed by atoms with E-state index in [0.29, 0.717) is 0 Å². The third-order valence-corrected chi connectivity index (χ3v) is 3.68. The number of carbonyl (C=O) groups is 1. The number of nitrogens with zero attached hydrogens (tertiary/aromatic N) is 2. The highest BCUT2D eigenvalue weighted by atomic mass is 19.4. The number of benzene rings is 1. The van der Waals surface area contributed by atoms with Gasteiger partial charge in [-0.25, -0.2) is 15.3 Å². The standard InChI is InChI=1S/C16H19F3N4O3/c1-23-10-9-20-13(23)15(25,16(17,18)19)7-8-21-14(24)22-26-11-12-5-3-2-4-6-12/h2-6,9-10,25H,7-8,11H2,1H3,(H2,21,22,24). The molecule has 0 bridgehead atoms. The maximum Gasteiger partial charge on any atom is 0.424 e. The van der Waals surface area contributed by atoms with E-state index >= 15 is 0 Å². The second-order valence-corrected chi connectivity index (χ2v) is 5.60. The largest absolute Gasteiger partial charge is 0.424 e. The summed E-state index contributed by atoms with van der Waals surface area (Å²) in [5, 5.41) is 12.3. The zero-order valence-electron chi connectivity index (χ0n) is 14.0. The molecular formula is C16H19F3N4O3. The third kappa shape index (κ3) is 4.73. The van der Waals surface area contributed by atoms with E-state index in [1.54, 1.807) is 24.3 Å². The maximum atomic E-state index is 13.3. The molecule has 1 unspecified atom stereocenters. The summed E-state index contributed by atoms with van der Waals surface area (Å²) >= 11 is 0. The number of aromatic nitrogens is 2. The van der Waals surface area contributed by atoms with Gasteiger partial charge in [-0.15, -0.1) is 0 Å². The summed E-state index contributed by atoms with van der Waals surface area (Å²) in [6.45, 7) is -0.336. The minimum absolute atomic E-state index is 0.105. The molecule has 0 radical (unpaired) electrons. The summed E-state index contributed by atoms with van der Waals surface area (Å²) in [6, 6.07) is 8.19. The zero-order chi connectivity index (χ0) is 19.2. The fourth-order valence-electron chi connectivity index (χ4n) is 2.30. The van der Waals surface area contributed by atoms with E-state index in [1.165, 1.54) is 13.2 Å². The second kappa shape index (κ2) is 8.19. The number of imidazole rings is 1. The molecule has 0 saturated carbocycles. The van der Waals surface area contributed by atoms with Crippen molar-refractivity contribution in [1.29, 1.82) is 0 Å². The Kier molecular flexibility index (Phi) is 6.22. The lowest BCUT2D eigenvalue weighted by atomic mass is 9.97. The number of aliphatic hydroxyl groups is 1. The van der Waals surface area contributed by atoms with Crippen LogP contribution in [0.2, 0.25) is 0 Å². The van der Waals surface area contributed by atoms with Crippen LogP contribution in [0, 0.1) is 0 Å². The van der Waals surface area contributed by atoms with Crippen LogP contribution in [-0.2, 0) is 24.1 Å². The molecule has 2 rings (SSSR count). The Hall–Kier alpha value is -2.59. The highest BCUT2D eigenvalue weighted by Gasteiger charge is 2.57. The van der Waals surface area contributed by atoms with Gasteiger partial charge in [-0.2, -0.15) is 13.2 Å². The smallest absolute Gasteiger partial charge is 0.374 e. The van der Waals surface area contributed by atoms with Crippen LogP contribution >= 0.6 is 0 Å². The lowest BCUT2D eigenvalue weighted by Gasteiger charge is -2.29. The summed E-state index contributed by atoms with van der Waals surface area (Å²) < 4.78 is 41.0. The Morgan fingerprint density at radius 3 is 2.58 bits per heavy atom. The van der Waals surface area contributed by atoms with Crippen LogP contribution in [0.15, 0.2) is 42.7 Å². The van der Waals surface area contributed by atoms with Crippen molar-refractivity contribution in [3.8, 4) is 0 Å². The molecule has 0 saturated heterocycles. The summed E-state index contributed by atoms with van der Waals surface area (Å²) in [4.78, 5) is 20.1. The van der Waals surface area contributed by atoms with Crippen LogP contribution in [-0.4, -0.2) is 33.4 Å². The van der Waals surface area contributed by atoms with E-state index in [4.69, 9.17) is 4.84 Å². The molecule has 0 spiro atoms. The number of rotatable bonds is 7. The molecule has 2 amide bonds. The number of aryl methyl sites for hydroxylation is 1. The van der Waals surface area contributed by atoms with E-state index in [0.717, 1.165) is 16.3 Å². The van der Waals surface area contributed by atoms with E-state index in [9.17, 15) is 23.1 Å². The van der Waals surface area contributed by atoms with Gasteiger partial charge < -0.3 is 15.0 Å². The molecule has 1 heterocycles. The number of hydrogen-bond acceptors (Lipinski definition) is 4. The highest BCUT2D eigenvalue weighted by molar-refractivity contribution is 5.72. The number of hydrogen-bond donors (Lipinski definition) is 3. The molecule has 7 nitrogen and oxygen atoms in total. The monoisotopic (exact) mass is 372 g/mol. The van der Waals surface area contributed by atoms with Crippen LogP contribution < -0.4 is 10.8 Å². The van der Waals surface area contributed by atoms with Gasteiger partial charge in [0.2, 0.25) is 5.60 Å². The fourth-order valence-corrected chi connectivity index (χ4v) is 2.30. The van der Waals surface area contributed by atoms with Gasteiger partial charge in [0, 0.05) is 32.4 Å².